The minimum absolute atomic E-state index is 0.429. The standard InChI is InChI=1S/C7H12N2OS/c1-2-5-3-4-7(9,11-5)6(8)10/h3H,2,4,9H2,1H3,(H2,8,10). The molecule has 0 fully saturated rings. The SMILES string of the molecule is CCC1=CCC(N)(C(N)=O)S1. The van der Waals surface area contributed by atoms with Crippen LogP contribution in [-0.4, -0.2) is 10.8 Å². The maximum Gasteiger partial charge on any atom is 0.248 e. The van der Waals surface area contributed by atoms with Crippen LogP contribution >= 0.6 is 11.8 Å². The van der Waals surface area contributed by atoms with Gasteiger partial charge in [-0.25, -0.2) is 0 Å². The van der Waals surface area contributed by atoms with E-state index in [1.807, 2.05) is 13.0 Å². The Morgan fingerprint density at radius 1 is 1.91 bits per heavy atom. The number of thioether (sulfide) groups is 1. The Bertz CT molecular complexity index is 214. The number of nitrogens with two attached hydrogens (primary N) is 2. The van der Waals surface area contributed by atoms with Gasteiger partial charge in [-0.1, -0.05) is 24.8 Å². The van der Waals surface area contributed by atoms with E-state index < -0.39 is 10.8 Å². The number of hydrogen-bond acceptors (Lipinski definition) is 3. The van der Waals surface area contributed by atoms with Gasteiger partial charge in [0.2, 0.25) is 5.91 Å². The summed E-state index contributed by atoms with van der Waals surface area (Å²) in [6, 6.07) is 0. The van der Waals surface area contributed by atoms with Gasteiger partial charge in [-0.05, 0) is 11.3 Å². The van der Waals surface area contributed by atoms with Crippen LogP contribution in [0.1, 0.15) is 19.8 Å². The first-order chi connectivity index (χ1) is 5.08. The molecule has 4 heteroatoms. The van der Waals surface area contributed by atoms with E-state index in [0.717, 1.165) is 11.3 Å². The van der Waals surface area contributed by atoms with E-state index in [9.17, 15) is 4.79 Å². The first-order valence-electron chi connectivity index (χ1n) is 3.55. The smallest absolute Gasteiger partial charge is 0.248 e. The first-order valence-corrected chi connectivity index (χ1v) is 4.37. The van der Waals surface area contributed by atoms with Crippen LogP contribution in [0.2, 0.25) is 0 Å². The normalized spacial score (nSPS) is 30.2. The molecule has 1 atom stereocenters. The van der Waals surface area contributed by atoms with E-state index in [0.29, 0.717) is 6.42 Å². The minimum atomic E-state index is -0.870. The minimum Gasteiger partial charge on any atom is -0.367 e. The number of carbonyl (C=O) groups excluding carboxylic acids is 1. The quantitative estimate of drug-likeness (QED) is 0.639. The molecule has 1 aliphatic heterocycles. The van der Waals surface area contributed by atoms with Gasteiger partial charge in [0, 0.05) is 6.42 Å². The molecule has 0 aliphatic carbocycles. The number of carbonyl (C=O) groups is 1. The molecule has 1 aliphatic rings. The highest BCUT2D eigenvalue weighted by molar-refractivity contribution is 8.05. The van der Waals surface area contributed by atoms with E-state index in [2.05, 4.69) is 0 Å². The molecule has 0 saturated heterocycles. The third-order valence-electron chi connectivity index (χ3n) is 1.71. The number of rotatable bonds is 2. The van der Waals surface area contributed by atoms with Crippen molar-refractivity contribution in [2.24, 2.45) is 11.5 Å². The second kappa shape index (κ2) is 2.87. The fourth-order valence-corrected chi connectivity index (χ4v) is 2.00. The zero-order valence-electron chi connectivity index (χ0n) is 6.46. The van der Waals surface area contributed by atoms with Crippen molar-refractivity contribution in [2.75, 3.05) is 0 Å². The summed E-state index contributed by atoms with van der Waals surface area (Å²) in [7, 11) is 0. The lowest BCUT2D eigenvalue weighted by Crippen LogP contribution is -2.47. The fraction of sp³-hybridized carbons (Fsp3) is 0.571. The maximum absolute atomic E-state index is 10.8. The highest BCUT2D eigenvalue weighted by atomic mass is 32.2. The van der Waals surface area contributed by atoms with E-state index >= 15 is 0 Å². The Kier molecular flexibility index (Phi) is 2.25. The maximum atomic E-state index is 10.8. The molecule has 1 amide bonds. The summed E-state index contributed by atoms with van der Waals surface area (Å²) in [6.07, 6.45) is 3.47. The molecule has 0 spiro atoms. The Hall–Kier alpha value is -0.480. The van der Waals surface area contributed by atoms with Gasteiger partial charge in [-0.2, -0.15) is 0 Å². The number of allylic oxidation sites excluding steroid dienone is 1. The van der Waals surface area contributed by atoms with Crippen LogP contribution in [0.25, 0.3) is 0 Å². The Labute approximate surface area is 70.2 Å². The van der Waals surface area contributed by atoms with E-state index in [1.165, 1.54) is 11.8 Å². The van der Waals surface area contributed by atoms with Crippen molar-refractivity contribution in [3.63, 3.8) is 0 Å². The molecule has 0 radical (unpaired) electrons. The monoisotopic (exact) mass is 172 g/mol. The van der Waals surface area contributed by atoms with Crippen LogP contribution in [-0.2, 0) is 4.79 Å². The lowest BCUT2D eigenvalue weighted by Gasteiger charge is -2.18. The number of primary amides is 1. The van der Waals surface area contributed by atoms with Gasteiger partial charge in [0.05, 0.1) is 0 Å². The Morgan fingerprint density at radius 3 is 2.82 bits per heavy atom. The van der Waals surface area contributed by atoms with Crippen LogP contribution in [0, 0.1) is 0 Å². The van der Waals surface area contributed by atoms with Gasteiger partial charge in [0.15, 0.2) is 0 Å². The lowest BCUT2D eigenvalue weighted by atomic mass is 10.2. The van der Waals surface area contributed by atoms with Crippen molar-refractivity contribution < 1.29 is 4.79 Å². The highest BCUT2D eigenvalue weighted by Crippen LogP contribution is 2.39. The van der Waals surface area contributed by atoms with Crippen molar-refractivity contribution in [1.29, 1.82) is 0 Å². The van der Waals surface area contributed by atoms with Gasteiger partial charge >= 0.3 is 0 Å². The lowest BCUT2D eigenvalue weighted by molar-refractivity contribution is -0.120. The van der Waals surface area contributed by atoms with E-state index in [4.69, 9.17) is 11.5 Å². The summed E-state index contributed by atoms with van der Waals surface area (Å²) in [5.41, 5.74) is 10.8. The second-order valence-corrected chi connectivity index (χ2v) is 4.04. The largest absolute Gasteiger partial charge is 0.367 e. The van der Waals surface area contributed by atoms with Crippen LogP contribution in [0.15, 0.2) is 11.0 Å². The van der Waals surface area contributed by atoms with Crippen LogP contribution in [0.5, 0.6) is 0 Å². The molecule has 62 valence electrons. The van der Waals surface area contributed by atoms with Crippen LogP contribution < -0.4 is 11.5 Å². The summed E-state index contributed by atoms with van der Waals surface area (Å²) in [4.78, 5) is 11.1. The summed E-state index contributed by atoms with van der Waals surface area (Å²) in [6.45, 7) is 2.03. The predicted octanol–water partition coefficient (Wildman–Crippen LogP) is 0.558. The highest BCUT2D eigenvalue weighted by Gasteiger charge is 2.36. The molecule has 1 unspecified atom stereocenters. The number of hydrogen-bond donors (Lipinski definition) is 2. The van der Waals surface area contributed by atoms with Gasteiger partial charge in [-0.3, -0.25) is 4.79 Å². The van der Waals surface area contributed by atoms with Crippen LogP contribution in [0.3, 0.4) is 0 Å². The summed E-state index contributed by atoms with van der Waals surface area (Å²) < 4.78 is 0. The molecule has 0 aromatic rings. The molecular formula is C7H12N2OS. The molecule has 11 heavy (non-hydrogen) atoms. The van der Waals surface area contributed by atoms with Crippen molar-refractivity contribution in [2.45, 2.75) is 24.6 Å². The van der Waals surface area contributed by atoms with E-state index in [-0.39, 0.29) is 0 Å². The Morgan fingerprint density at radius 2 is 2.55 bits per heavy atom. The van der Waals surface area contributed by atoms with E-state index in [1.54, 1.807) is 0 Å². The van der Waals surface area contributed by atoms with Crippen LogP contribution in [0.4, 0.5) is 0 Å². The van der Waals surface area contributed by atoms with Crippen molar-refractivity contribution in [1.82, 2.24) is 0 Å². The molecule has 0 aromatic carbocycles. The molecule has 0 bridgehead atoms. The Balaban J connectivity index is 2.64. The predicted molar refractivity (Wildman–Crippen MR) is 46.7 cm³/mol. The first kappa shape index (κ1) is 8.62. The summed E-state index contributed by atoms with van der Waals surface area (Å²) >= 11 is 1.39. The molecule has 4 N–H and O–H groups in total. The molecule has 0 aromatic heterocycles. The van der Waals surface area contributed by atoms with Crippen molar-refractivity contribution in [3.8, 4) is 0 Å². The number of amides is 1. The molecule has 1 rings (SSSR count). The van der Waals surface area contributed by atoms with Gasteiger partial charge in [0.25, 0.3) is 0 Å². The summed E-state index contributed by atoms with van der Waals surface area (Å²) in [5.74, 6) is -0.429. The second-order valence-electron chi connectivity index (χ2n) is 2.58. The molecule has 1 heterocycles. The third-order valence-corrected chi connectivity index (χ3v) is 3.16. The van der Waals surface area contributed by atoms with Gasteiger partial charge in [0.1, 0.15) is 4.87 Å². The van der Waals surface area contributed by atoms with Gasteiger partial charge in [-0.15, -0.1) is 0 Å². The average Bonchev–Trinajstić information content (AvgIpc) is 2.33. The zero-order valence-corrected chi connectivity index (χ0v) is 7.28. The van der Waals surface area contributed by atoms with Crippen molar-refractivity contribution in [3.05, 3.63) is 11.0 Å². The summed E-state index contributed by atoms with van der Waals surface area (Å²) in [5, 5.41) is 0. The zero-order chi connectivity index (χ0) is 8.48. The van der Waals surface area contributed by atoms with Gasteiger partial charge < -0.3 is 11.5 Å². The topological polar surface area (TPSA) is 69.1 Å². The molecular weight excluding hydrogens is 160 g/mol. The molecule has 3 nitrogen and oxygen atoms in total. The molecule has 0 saturated carbocycles. The fourth-order valence-electron chi connectivity index (χ4n) is 0.950. The average molecular weight is 172 g/mol. The van der Waals surface area contributed by atoms with Crippen molar-refractivity contribution >= 4 is 17.7 Å². The third kappa shape index (κ3) is 1.57.